The van der Waals surface area contributed by atoms with Crippen LogP contribution in [0.1, 0.15) is 0 Å². The minimum atomic E-state index is -4.05. The molecular weight excluding hydrogens is 440 g/mol. The van der Waals surface area contributed by atoms with Gasteiger partial charge in [0, 0.05) is 5.69 Å². The number of sulfonamides is 1. The molecule has 3 aromatic carbocycles. The predicted molar refractivity (Wildman–Crippen MR) is 121 cm³/mol. The van der Waals surface area contributed by atoms with Crippen LogP contribution >= 0.6 is 11.6 Å². The number of amides is 1. The van der Waals surface area contributed by atoms with Crippen molar-refractivity contribution in [2.24, 2.45) is 0 Å². The molecule has 3 aromatic rings. The summed E-state index contributed by atoms with van der Waals surface area (Å²) >= 11 is 6.11. The molecule has 3 rings (SSSR count). The number of anilines is 2. The third kappa shape index (κ3) is 5.10. The number of para-hydroxylation sites is 2. The highest BCUT2D eigenvalue weighted by molar-refractivity contribution is 7.92. The van der Waals surface area contributed by atoms with Crippen molar-refractivity contribution in [3.63, 3.8) is 0 Å². The van der Waals surface area contributed by atoms with E-state index in [1.165, 1.54) is 32.4 Å². The lowest BCUT2D eigenvalue weighted by atomic mass is 10.3. The fourth-order valence-electron chi connectivity index (χ4n) is 2.93. The SMILES string of the molecule is COc1ccc(NC(=O)CN(c2ccccc2OC)S(=O)(=O)c2ccccc2)cc1Cl. The van der Waals surface area contributed by atoms with E-state index in [2.05, 4.69) is 5.32 Å². The molecule has 0 saturated heterocycles. The fourth-order valence-corrected chi connectivity index (χ4v) is 4.64. The molecule has 0 unspecified atom stereocenters. The predicted octanol–water partition coefficient (Wildman–Crippen LogP) is 4.19. The lowest BCUT2D eigenvalue weighted by Crippen LogP contribution is -2.38. The van der Waals surface area contributed by atoms with Crippen molar-refractivity contribution in [3.05, 3.63) is 77.8 Å². The number of hydrogen-bond donors (Lipinski definition) is 1. The largest absolute Gasteiger partial charge is 0.495 e. The van der Waals surface area contributed by atoms with Gasteiger partial charge in [0.1, 0.15) is 18.0 Å². The molecule has 0 bridgehead atoms. The number of ether oxygens (including phenoxy) is 2. The standard InChI is InChI=1S/C22H21ClN2O5S/c1-29-20-13-12-16(14-18(20)23)24-22(26)15-25(19-10-6-7-11-21(19)30-2)31(27,28)17-8-4-3-5-9-17/h3-14H,15H2,1-2H3,(H,24,26). The van der Waals surface area contributed by atoms with E-state index in [1.54, 1.807) is 54.6 Å². The van der Waals surface area contributed by atoms with E-state index in [-0.39, 0.29) is 10.6 Å². The Hall–Kier alpha value is -3.23. The van der Waals surface area contributed by atoms with Crippen LogP contribution < -0.4 is 19.1 Å². The Morgan fingerprint density at radius 3 is 2.23 bits per heavy atom. The Bertz CT molecular complexity index is 1170. The zero-order valence-electron chi connectivity index (χ0n) is 16.9. The summed E-state index contributed by atoms with van der Waals surface area (Å²) < 4.78 is 38.2. The molecule has 0 aliphatic rings. The molecule has 0 aliphatic heterocycles. The van der Waals surface area contributed by atoms with Crippen LogP contribution in [0, 0.1) is 0 Å². The average molecular weight is 461 g/mol. The Labute approximate surface area is 186 Å². The summed E-state index contributed by atoms with van der Waals surface area (Å²) in [6.45, 7) is -0.471. The lowest BCUT2D eigenvalue weighted by Gasteiger charge is -2.25. The summed E-state index contributed by atoms with van der Waals surface area (Å²) in [5, 5.41) is 2.99. The molecule has 0 aliphatic carbocycles. The molecule has 0 spiro atoms. The van der Waals surface area contributed by atoms with Crippen molar-refractivity contribution >= 4 is 38.9 Å². The quantitative estimate of drug-likeness (QED) is 0.544. The Morgan fingerprint density at radius 2 is 1.58 bits per heavy atom. The molecule has 0 atom stereocenters. The average Bonchev–Trinajstić information content (AvgIpc) is 2.78. The summed E-state index contributed by atoms with van der Waals surface area (Å²) in [5.74, 6) is 0.232. The van der Waals surface area contributed by atoms with Crippen LogP contribution in [0.3, 0.4) is 0 Å². The van der Waals surface area contributed by atoms with E-state index in [9.17, 15) is 13.2 Å². The second-order valence-corrected chi connectivity index (χ2v) is 8.66. The van der Waals surface area contributed by atoms with Crippen molar-refractivity contribution < 1.29 is 22.7 Å². The topological polar surface area (TPSA) is 84.9 Å². The van der Waals surface area contributed by atoms with Gasteiger partial charge in [0.05, 0.1) is 29.8 Å². The van der Waals surface area contributed by atoms with Crippen molar-refractivity contribution in [2.75, 3.05) is 30.4 Å². The van der Waals surface area contributed by atoms with E-state index in [1.807, 2.05) is 0 Å². The summed E-state index contributed by atoms with van der Waals surface area (Å²) in [6.07, 6.45) is 0. The lowest BCUT2D eigenvalue weighted by molar-refractivity contribution is -0.114. The number of benzene rings is 3. The van der Waals surface area contributed by atoms with Gasteiger partial charge in [0.2, 0.25) is 5.91 Å². The van der Waals surface area contributed by atoms with E-state index >= 15 is 0 Å². The Balaban J connectivity index is 1.95. The molecule has 1 amide bonds. The third-order valence-corrected chi connectivity index (χ3v) is 6.48. The van der Waals surface area contributed by atoms with Gasteiger partial charge in [-0.15, -0.1) is 0 Å². The molecule has 0 heterocycles. The fraction of sp³-hybridized carbons (Fsp3) is 0.136. The maximum atomic E-state index is 13.4. The van der Waals surface area contributed by atoms with Gasteiger partial charge < -0.3 is 14.8 Å². The van der Waals surface area contributed by atoms with Crippen molar-refractivity contribution in [2.45, 2.75) is 4.90 Å². The van der Waals surface area contributed by atoms with Crippen molar-refractivity contribution in [3.8, 4) is 11.5 Å². The summed E-state index contributed by atoms with van der Waals surface area (Å²) in [5.41, 5.74) is 0.657. The number of hydrogen-bond acceptors (Lipinski definition) is 5. The first kappa shape index (κ1) is 22.5. The second kappa shape index (κ2) is 9.72. The highest BCUT2D eigenvalue weighted by Gasteiger charge is 2.29. The highest BCUT2D eigenvalue weighted by Crippen LogP contribution is 2.32. The molecule has 0 radical (unpaired) electrons. The van der Waals surface area contributed by atoms with E-state index < -0.39 is 22.5 Å². The first-order valence-electron chi connectivity index (χ1n) is 9.21. The van der Waals surface area contributed by atoms with Gasteiger partial charge in [-0.2, -0.15) is 0 Å². The minimum Gasteiger partial charge on any atom is -0.495 e. The van der Waals surface area contributed by atoms with Crippen LogP contribution in [0.5, 0.6) is 11.5 Å². The van der Waals surface area contributed by atoms with Crippen LogP contribution in [-0.4, -0.2) is 35.1 Å². The summed E-state index contributed by atoms with van der Waals surface area (Å²) in [4.78, 5) is 12.9. The number of nitrogens with zero attached hydrogens (tertiary/aromatic N) is 1. The Kier molecular flexibility index (Phi) is 7.04. The van der Waals surface area contributed by atoms with Gasteiger partial charge in [-0.05, 0) is 42.5 Å². The van der Waals surface area contributed by atoms with Crippen LogP contribution in [0.25, 0.3) is 0 Å². The zero-order valence-corrected chi connectivity index (χ0v) is 18.5. The van der Waals surface area contributed by atoms with Gasteiger partial charge in [-0.3, -0.25) is 9.10 Å². The summed E-state index contributed by atoms with van der Waals surface area (Å²) in [7, 11) is -1.13. The van der Waals surface area contributed by atoms with Gasteiger partial charge in [-0.1, -0.05) is 41.9 Å². The number of halogens is 1. The number of methoxy groups -OCH3 is 2. The minimum absolute atomic E-state index is 0.0567. The maximum Gasteiger partial charge on any atom is 0.264 e. The molecule has 9 heteroatoms. The number of carbonyl (C=O) groups is 1. The normalized spacial score (nSPS) is 10.9. The number of nitrogens with one attached hydrogen (secondary N) is 1. The molecule has 0 fully saturated rings. The third-order valence-electron chi connectivity index (χ3n) is 4.41. The molecule has 162 valence electrons. The molecular formula is C22H21ClN2O5S. The number of rotatable bonds is 8. The van der Waals surface area contributed by atoms with Crippen LogP contribution in [0.4, 0.5) is 11.4 Å². The van der Waals surface area contributed by atoms with E-state index in [4.69, 9.17) is 21.1 Å². The van der Waals surface area contributed by atoms with Gasteiger partial charge in [0.15, 0.2) is 0 Å². The van der Waals surface area contributed by atoms with Gasteiger partial charge in [0.25, 0.3) is 10.0 Å². The first-order chi connectivity index (χ1) is 14.9. The highest BCUT2D eigenvalue weighted by atomic mass is 35.5. The first-order valence-corrected chi connectivity index (χ1v) is 11.0. The maximum absolute atomic E-state index is 13.4. The molecule has 7 nitrogen and oxygen atoms in total. The van der Waals surface area contributed by atoms with Crippen LogP contribution in [0.2, 0.25) is 5.02 Å². The molecule has 0 saturated carbocycles. The van der Waals surface area contributed by atoms with Crippen molar-refractivity contribution in [1.82, 2.24) is 0 Å². The smallest absolute Gasteiger partial charge is 0.264 e. The second-order valence-electron chi connectivity index (χ2n) is 6.39. The van der Waals surface area contributed by atoms with Gasteiger partial charge in [-0.25, -0.2) is 8.42 Å². The summed E-state index contributed by atoms with van der Waals surface area (Å²) in [6, 6.07) is 19.2. The Morgan fingerprint density at radius 1 is 0.935 bits per heavy atom. The van der Waals surface area contributed by atoms with Crippen molar-refractivity contribution in [1.29, 1.82) is 0 Å². The van der Waals surface area contributed by atoms with E-state index in [0.29, 0.717) is 22.2 Å². The van der Waals surface area contributed by atoms with E-state index in [0.717, 1.165) is 4.31 Å². The van der Waals surface area contributed by atoms with Crippen LogP contribution in [0.15, 0.2) is 77.7 Å². The number of carbonyl (C=O) groups excluding carboxylic acids is 1. The van der Waals surface area contributed by atoms with Crippen LogP contribution in [-0.2, 0) is 14.8 Å². The molecule has 31 heavy (non-hydrogen) atoms. The monoisotopic (exact) mass is 460 g/mol. The van der Waals surface area contributed by atoms with Gasteiger partial charge >= 0.3 is 0 Å². The molecule has 1 N–H and O–H groups in total. The zero-order chi connectivity index (χ0) is 22.4. The molecule has 0 aromatic heterocycles.